The topological polar surface area (TPSA) is 88.0 Å². The molecule has 0 aliphatic rings. The van der Waals surface area contributed by atoms with E-state index < -0.39 is 4.92 Å². The monoisotopic (exact) mass is 286 g/mol. The third-order valence-corrected chi connectivity index (χ3v) is 3.68. The van der Waals surface area contributed by atoms with Gasteiger partial charge in [0.2, 0.25) is 0 Å². The zero-order chi connectivity index (χ0) is 15.1. The molecule has 0 spiro atoms. The summed E-state index contributed by atoms with van der Waals surface area (Å²) in [6, 6.07) is 6.53. The van der Waals surface area contributed by atoms with E-state index in [0.29, 0.717) is 17.3 Å². The number of aromatic hydroxyl groups is 1. The number of aromatic nitrogens is 1. The summed E-state index contributed by atoms with van der Waals surface area (Å²) in [4.78, 5) is 10.5. The molecule has 1 aromatic carbocycles. The quantitative estimate of drug-likeness (QED) is 0.572. The molecular weight excluding hydrogens is 272 g/mol. The molecule has 0 saturated heterocycles. The van der Waals surface area contributed by atoms with Gasteiger partial charge in [-0.2, -0.15) is 0 Å². The Morgan fingerprint density at radius 2 is 2.10 bits per heavy atom. The van der Waals surface area contributed by atoms with Crippen molar-refractivity contribution in [3.63, 3.8) is 0 Å². The highest BCUT2D eigenvalue weighted by Crippen LogP contribution is 2.38. The van der Waals surface area contributed by atoms with Gasteiger partial charge in [0.25, 0.3) is 5.69 Å². The van der Waals surface area contributed by atoms with E-state index in [-0.39, 0.29) is 18.0 Å². The summed E-state index contributed by atoms with van der Waals surface area (Å²) >= 11 is 0. The number of nitrogens with zero attached hydrogens (tertiary/aromatic N) is 2. The fraction of sp³-hybridized carbons (Fsp3) is 0.200. The van der Waals surface area contributed by atoms with Gasteiger partial charge in [-0.3, -0.25) is 10.1 Å². The van der Waals surface area contributed by atoms with Crippen molar-refractivity contribution in [3.8, 4) is 5.75 Å². The van der Waals surface area contributed by atoms with Crippen molar-refractivity contribution in [1.82, 2.24) is 4.40 Å². The van der Waals surface area contributed by atoms with Crippen molar-refractivity contribution < 1.29 is 15.1 Å². The Morgan fingerprint density at radius 1 is 1.33 bits per heavy atom. The molecule has 0 radical (unpaired) electrons. The van der Waals surface area contributed by atoms with Crippen LogP contribution in [0.1, 0.15) is 11.1 Å². The number of aliphatic hydroxyl groups is 1. The Kier molecular flexibility index (Phi) is 3.03. The van der Waals surface area contributed by atoms with Crippen LogP contribution in [0, 0.1) is 17.0 Å². The highest BCUT2D eigenvalue weighted by atomic mass is 16.6. The number of nitro groups is 1. The molecule has 3 aromatic rings. The van der Waals surface area contributed by atoms with E-state index in [9.17, 15) is 15.2 Å². The molecule has 108 valence electrons. The van der Waals surface area contributed by atoms with Crippen LogP contribution >= 0.6 is 0 Å². The van der Waals surface area contributed by atoms with Gasteiger partial charge in [-0.05, 0) is 30.5 Å². The average Bonchev–Trinajstić information content (AvgIpc) is 2.74. The van der Waals surface area contributed by atoms with Crippen molar-refractivity contribution in [2.75, 3.05) is 6.61 Å². The first-order chi connectivity index (χ1) is 10.0. The maximum atomic E-state index is 11.0. The van der Waals surface area contributed by atoms with Crippen molar-refractivity contribution >= 4 is 22.1 Å². The lowest BCUT2D eigenvalue weighted by Crippen LogP contribution is -1.95. The first kappa shape index (κ1) is 13.4. The molecule has 2 N–H and O–H groups in total. The smallest absolute Gasteiger partial charge is 0.270 e. The van der Waals surface area contributed by atoms with Crippen LogP contribution in [0.3, 0.4) is 0 Å². The summed E-state index contributed by atoms with van der Waals surface area (Å²) in [7, 11) is 0. The second-order valence-corrected chi connectivity index (χ2v) is 4.99. The van der Waals surface area contributed by atoms with Crippen molar-refractivity contribution in [1.29, 1.82) is 0 Å². The summed E-state index contributed by atoms with van der Waals surface area (Å²) in [6.07, 6.45) is 2.21. The van der Waals surface area contributed by atoms with E-state index in [2.05, 4.69) is 0 Å². The maximum Gasteiger partial charge on any atom is 0.270 e. The van der Waals surface area contributed by atoms with Gasteiger partial charge in [-0.1, -0.05) is 6.07 Å². The Labute approximate surface area is 120 Å². The molecule has 2 aromatic heterocycles. The molecule has 0 atom stereocenters. The third kappa shape index (κ3) is 1.92. The number of aliphatic hydroxyl groups excluding tert-OH is 1. The summed E-state index contributed by atoms with van der Waals surface area (Å²) in [5, 5.41) is 31.0. The van der Waals surface area contributed by atoms with Crippen LogP contribution < -0.4 is 0 Å². The van der Waals surface area contributed by atoms with Crippen molar-refractivity contribution in [2.24, 2.45) is 0 Å². The third-order valence-electron chi connectivity index (χ3n) is 3.68. The minimum absolute atomic E-state index is 0.0147. The lowest BCUT2D eigenvalue weighted by Gasteiger charge is -2.04. The van der Waals surface area contributed by atoms with Gasteiger partial charge in [-0.15, -0.1) is 0 Å². The van der Waals surface area contributed by atoms with Gasteiger partial charge in [0, 0.05) is 30.3 Å². The van der Waals surface area contributed by atoms with Gasteiger partial charge >= 0.3 is 0 Å². The predicted octanol–water partition coefficient (Wildman–Crippen LogP) is 2.55. The molecule has 0 fully saturated rings. The van der Waals surface area contributed by atoms with Gasteiger partial charge in [0.1, 0.15) is 5.75 Å². The minimum atomic E-state index is -0.469. The fourth-order valence-electron chi connectivity index (χ4n) is 2.82. The number of benzene rings is 1. The SMILES string of the molecule is Cc1cc([N+](=O)[O-])cc2c(O)c3c(CCO)cccn3c12. The molecule has 6 nitrogen and oxygen atoms in total. The molecule has 0 aliphatic heterocycles. The number of hydrogen-bond donors (Lipinski definition) is 2. The first-order valence-electron chi connectivity index (χ1n) is 6.55. The predicted molar refractivity (Wildman–Crippen MR) is 78.7 cm³/mol. The van der Waals surface area contributed by atoms with Crippen LogP contribution in [0.2, 0.25) is 0 Å². The summed E-state index contributed by atoms with van der Waals surface area (Å²) in [5.41, 5.74) is 2.80. The molecular formula is C15H14N2O4. The Hall–Kier alpha value is -2.60. The molecule has 0 saturated carbocycles. The van der Waals surface area contributed by atoms with E-state index in [1.807, 2.05) is 16.5 Å². The van der Waals surface area contributed by atoms with Crippen LogP contribution in [0.4, 0.5) is 5.69 Å². The Bertz CT molecular complexity index is 867. The van der Waals surface area contributed by atoms with Gasteiger partial charge in [0.15, 0.2) is 0 Å². The van der Waals surface area contributed by atoms with Crippen LogP contribution in [0.15, 0.2) is 30.5 Å². The van der Waals surface area contributed by atoms with Gasteiger partial charge < -0.3 is 14.6 Å². The molecule has 2 heterocycles. The maximum absolute atomic E-state index is 11.0. The fourth-order valence-corrected chi connectivity index (χ4v) is 2.82. The Morgan fingerprint density at radius 3 is 2.76 bits per heavy atom. The normalized spacial score (nSPS) is 11.3. The highest BCUT2D eigenvalue weighted by Gasteiger charge is 2.19. The molecule has 0 unspecified atom stereocenters. The largest absolute Gasteiger partial charge is 0.505 e. The van der Waals surface area contributed by atoms with E-state index in [0.717, 1.165) is 16.6 Å². The van der Waals surface area contributed by atoms with E-state index >= 15 is 0 Å². The summed E-state index contributed by atoms with van der Waals surface area (Å²) in [6.45, 7) is 1.75. The molecule has 3 rings (SSSR count). The van der Waals surface area contributed by atoms with Crippen LogP contribution in [0.5, 0.6) is 5.75 Å². The number of non-ortho nitro benzene ring substituents is 1. The van der Waals surface area contributed by atoms with Gasteiger partial charge in [-0.25, -0.2) is 0 Å². The number of pyridine rings is 1. The van der Waals surface area contributed by atoms with E-state index in [1.165, 1.54) is 12.1 Å². The van der Waals surface area contributed by atoms with Crippen LogP contribution in [-0.4, -0.2) is 26.1 Å². The van der Waals surface area contributed by atoms with Crippen LogP contribution in [0.25, 0.3) is 16.4 Å². The average molecular weight is 286 g/mol. The van der Waals surface area contributed by atoms with E-state index in [1.54, 1.807) is 13.1 Å². The Balaban J connectivity index is 2.47. The molecule has 0 amide bonds. The summed E-state index contributed by atoms with van der Waals surface area (Å²) < 4.78 is 1.81. The lowest BCUT2D eigenvalue weighted by atomic mass is 10.1. The van der Waals surface area contributed by atoms with E-state index in [4.69, 9.17) is 5.11 Å². The van der Waals surface area contributed by atoms with Crippen LogP contribution in [-0.2, 0) is 6.42 Å². The number of hydrogen-bond acceptors (Lipinski definition) is 4. The number of aryl methyl sites for hydroxylation is 1. The minimum Gasteiger partial charge on any atom is -0.505 e. The zero-order valence-corrected chi connectivity index (χ0v) is 11.4. The molecule has 0 aliphatic carbocycles. The lowest BCUT2D eigenvalue weighted by molar-refractivity contribution is -0.384. The summed E-state index contributed by atoms with van der Waals surface area (Å²) in [5.74, 6) is 0.0147. The van der Waals surface area contributed by atoms with Gasteiger partial charge in [0.05, 0.1) is 16.0 Å². The molecule has 6 heteroatoms. The number of nitro benzene ring substituents is 1. The highest BCUT2D eigenvalue weighted by molar-refractivity contribution is 5.99. The second kappa shape index (κ2) is 4.75. The zero-order valence-electron chi connectivity index (χ0n) is 11.4. The molecule has 21 heavy (non-hydrogen) atoms. The standard InChI is InChI=1S/C15H14N2O4/c1-9-7-11(17(20)21)8-12-13(9)16-5-2-3-10(4-6-18)14(16)15(12)19/h2-3,5,7-8,18-19H,4,6H2,1H3. The number of fused-ring (bicyclic) bond motifs is 3. The first-order valence-corrected chi connectivity index (χ1v) is 6.55. The van der Waals surface area contributed by atoms with Crippen molar-refractivity contribution in [2.45, 2.75) is 13.3 Å². The second-order valence-electron chi connectivity index (χ2n) is 4.99. The molecule has 0 bridgehead atoms. The van der Waals surface area contributed by atoms with Crippen molar-refractivity contribution in [3.05, 3.63) is 51.7 Å². The number of rotatable bonds is 3.